The number of amides is 1. The second-order valence-electron chi connectivity index (χ2n) is 7.31. The fraction of sp³-hybridized carbons (Fsp3) is 0.765. The lowest BCUT2D eigenvalue weighted by Gasteiger charge is -2.32. The number of carbonyl (C=O) groups is 1. The third-order valence-electron chi connectivity index (χ3n) is 5.49. The highest BCUT2D eigenvalue weighted by Gasteiger charge is 2.29. The predicted molar refractivity (Wildman–Crippen MR) is 96.1 cm³/mol. The van der Waals surface area contributed by atoms with E-state index in [1.165, 1.54) is 23.4 Å². The molecule has 1 amide bonds. The van der Waals surface area contributed by atoms with Crippen LogP contribution in [0.1, 0.15) is 66.6 Å². The number of sulfonamides is 1. The maximum atomic E-state index is 12.6. The van der Waals surface area contributed by atoms with Crippen molar-refractivity contribution in [1.29, 1.82) is 0 Å². The summed E-state index contributed by atoms with van der Waals surface area (Å²) in [6.07, 6.45) is 7.20. The van der Waals surface area contributed by atoms with Crippen LogP contribution in [0.2, 0.25) is 0 Å². The SMILES string of the molecule is Cc1nc(C(=O)NC2CCCC2)c(C)n1C1CCN(S(C)(=O)=O)CC1. The van der Waals surface area contributed by atoms with Gasteiger partial charge in [-0.1, -0.05) is 12.8 Å². The Bertz CT molecular complexity index is 742. The van der Waals surface area contributed by atoms with Crippen molar-refractivity contribution in [2.45, 2.75) is 64.5 Å². The maximum absolute atomic E-state index is 12.6. The van der Waals surface area contributed by atoms with Crippen molar-refractivity contribution in [3.05, 3.63) is 17.2 Å². The molecule has 0 spiro atoms. The van der Waals surface area contributed by atoms with E-state index in [-0.39, 0.29) is 18.0 Å². The summed E-state index contributed by atoms with van der Waals surface area (Å²) in [6.45, 7) is 4.89. The molecule has 1 N–H and O–H groups in total. The first-order chi connectivity index (χ1) is 11.8. The molecule has 0 atom stereocenters. The average molecular weight is 369 g/mol. The van der Waals surface area contributed by atoms with Crippen LogP contribution in [0, 0.1) is 13.8 Å². The number of piperidine rings is 1. The lowest BCUT2D eigenvalue weighted by molar-refractivity contribution is 0.0932. The van der Waals surface area contributed by atoms with Gasteiger partial charge in [0, 0.05) is 30.9 Å². The number of nitrogens with zero attached hydrogens (tertiary/aromatic N) is 3. The first kappa shape index (κ1) is 18.4. The molecule has 3 rings (SSSR count). The summed E-state index contributed by atoms with van der Waals surface area (Å²) in [5.74, 6) is 0.742. The van der Waals surface area contributed by atoms with Crippen LogP contribution in [0.15, 0.2) is 0 Å². The van der Waals surface area contributed by atoms with E-state index in [0.717, 1.165) is 37.2 Å². The van der Waals surface area contributed by atoms with Crippen molar-refractivity contribution in [3.8, 4) is 0 Å². The van der Waals surface area contributed by atoms with Crippen molar-refractivity contribution in [3.63, 3.8) is 0 Å². The lowest BCUT2D eigenvalue weighted by Crippen LogP contribution is -2.38. The maximum Gasteiger partial charge on any atom is 0.271 e. The molecule has 0 radical (unpaired) electrons. The second kappa shape index (κ2) is 7.07. The molecule has 2 heterocycles. The number of carbonyl (C=O) groups excluding carboxylic acids is 1. The molecule has 2 fully saturated rings. The smallest absolute Gasteiger partial charge is 0.271 e. The zero-order chi connectivity index (χ0) is 18.2. The van der Waals surface area contributed by atoms with Gasteiger partial charge < -0.3 is 9.88 Å². The lowest BCUT2D eigenvalue weighted by atomic mass is 10.1. The second-order valence-corrected chi connectivity index (χ2v) is 9.29. The van der Waals surface area contributed by atoms with Crippen LogP contribution in [-0.4, -0.2) is 53.6 Å². The Kier molecular flexibility index (Phi) is 5.20. The topological polar surface area (TPSA) is 84.3 Å². The molecule has 2 aliphatic rings. The van der Waals surface area contributed by atoms with Gasteiger partial charge in [-0.15, -0.1) is 0 Å². The monoisotopic (exact) mass is 368 g/mol. The van der Waals surface area contributed by atoms with Gasteiger partial charge >= 0.3 is 0 Å². The summed E-state index contributed by atoms with van der Waals surface area (Å²) >= 11 is 0. The molecule has 140 valence electrons. The summed E-state index contributed by atoms with van der Waals surface area (Å²) in [5, 5.41) is 3.10. The summed E-state index contributed by atoms with van der Waals surface area (Å²) in [7, 11) is -3.13. The minimum atomic E-state index is -3.13. The van der Waals surface area contributed by atoms with Crippen LogP contribution in [0.4, 0.5) is 0 Å². The van der Waals surface area contributed by atoms with Gasteiger partial charge in [0.25, 0.3) is 5.91 Å². The van der Waals surface area contributed by atoms with Gasteiger partial charge in [-0.3, -0.25) is 4.79 Å². The third kappa shape index (κ3) is 3.89. The van der Waals surface area contributed by atoms with Gasteiger partial charge in [0.15, 0.2) is 0 Å². The molecule has 1 saturated heterocycles. The Labute approximate surface area is 149 Å². The van der Waals surface area contributed by atoms with Crippen LogP contribution in [0.3, 0.4) is 0 Å². The van der Waals surface area contributed by atoms with Crippen molar-refractivity contribution < 1.29 is 13.2 Å². The van der Waals surface area contributed by atoms with E-state index in [1.54, 1.807) is 0 Å². The standard InChI is InChI=1S/C17H28N4O3S/c1-12-16(17(22)19-14-6-4-5-7-14)18-13(2)21(12)15-8-10-20(11-9-15)25(3,23)24/h14-15H,4-11H2,1-3H3,(H,19,22). The number of hydrogen-bond donors (Lipinski definition) is 1. The van der Waals surface area contributed by atoms with E-state index < -0.39 is 10.0 Å². The molecule has 25 heavy (non-hydrogen) atoms. The molecular formula is C17H28N4O3S. The first-order valence-corrected chi connectivity index (χ1v) is 10.9. The third-order valence-corrected chi connectivity index (χ3v) is 6.79. The summed E-state index contributed by atoms with van der Waals surface area (Å²) < 4.78 is 27.0. The van der Waals surface area contributed by atoms with Gasteiger partial charge in [-0.2, -0.15) is 0 Å². The summed E-state index contributed by atoms with van der Waals surface area (Å²) in [5.41, 5.74) is 1.39. The fourth-order valence-corrected chi connectivity index (χ4v) is 5.04. The largest absolute Gasteiger partial charge is 0.348 e. The molecule has 7 nitrogen and oxygen atoms in total. The Morgan fingerprint density at radius 1 is 1.12 bits per heavy atom. The minimum absolute atomic E-state index is 0.0835. The van der Waals surface area contributed by atoms with Gasteiger partial charge in [-0.25, -0.2) is 17.7 Å². The van der Waals surface area contributed by atoms with E-state index in [1.807, 2.05) is 13.8 Å². The van der Waals surface area contributed by atoms with Gasteiger partial charge in [0.1, 0.15) is 11.5 Å². The molecule has 8 heteroatoms. The number of aryl methyl sites for hydroxylation is 1. The van der Waals surface area contributed by atoms with E-state index in [2.05, 4.69) is 14.9 Å². The molecule has 1 aromatic heterocycles. The zero-order valence-electron chi connectivity index (χ0n) is 15.3. The Balaban J connectivity index is 1.73. The summed E-state index contributed by atoms with van der Waals surface area (Å²) in [6, 6.07) is 0.467. The highest BCUT2D eigenvalue weighted by molar-refractivity contribution is 7.88. The predicted octanol–water partition coefficient (Wildman–Crippen LogP) is 1.77. The van der Waals surface area contributed by atoms with E-state index in [0.29, 0.717) is 18.8 Å². The van der Waals surface area contributed by atoms with Gasteiger partial charge in [0.05, 0.1) is 6.26 Å². The van der Waals surface area contributed by atoms with E-state index >= 15 is 0 Å². The van der Waals surface area contributed by atoms with E-state index in [9.17, 15) is 13.2 Å². The number of imidazole rings is 1. The number of aromatic nitrogens is 2. The van der Waals surface area contributed by atoms with Crippen molar-refractivity contribution in [1.82, 2.24) is 19.2 Å². The molecular weight excluding hydrogens is 340 g/mol. The molecule has 0 aromatic carbocycles. The molecule has 0 unspecified atom stereocenters. The van der Waals surface area contributed by atoms with Crippen LogP contribution in [0.5, 0.6) is 0 Å². The Morgan fingerprint density at radius 3 is 2.28 bits per heavy atom. The van der Waals surface area contributed by atoms with Crippen molar-refractivity contribution in [2.75, 3.05) is 19.3 Å². The van der Waals surface area contributed by atoms with Crippen LogP contribution < -0.4 is 5.32 Å². The van der Waals surface area contributed by atoms with Crippen LogP contribution >= 0.6 is 0 Å². The van der Waals surface area contributed by atoms with Crippen molar-refractivity contribution in [2.24, 2.45) is 0 Å². The van der Waals surface area contributed by atoms with Gasteiger partial charge in [-0.05, 0) is 39.5 Å². The van der Waals surface area contributed by atoms with Crippen LogP contribution in [-0.2, 0) is 10.0 Å². The van der Waals surface area contributed by atoms with Crippen LogP contribution in [0.25, 0.3) is 0 Å². The van der Waals surface area contributed by atoms with Gasteiger partial charge in [0.2, 0.25) is 10.0 Å². The minimum Gasteiger partial charge on any atom is -0.348 e. The number of nitrogens with one attached hydrogen (secondary N) is 1. The first-order valence-electron chi connectivity index (χ1n) is 9.09. The average Bonchev–Trinajstić information content (AvgIpc) is 3.14. The Morgan fingerprint density at radius 2 is 1.72 bits per heavy atom. The normalized spacial score (nSPS) is 20.9. The zero-order valence-corrected chi connectivity index (χ0v) is 16.1. The quantitative estimate of drug-likeness (QED) is 0.878. The Hall–Kier alpha value is -1.41. The highest BCUT2D eigenvalue weighted by atomic mass is 32.2. The van der Waals surface area contributed by atoms with Crippen molar-refractivity contribution >= 4 is 15.9 Å². The molecule has 1 saturated carbocycles. The molecule has 1 aliphatic carbocycles. The fourth-order valence-electron chi connectivity index (χ4n) is 4.16. The molecule has 1 aliphatic heterocycles. The highest BCUT2D eigenvalue weighted by Crippen LogP contribution is 2.28. The molecule has 1 aromatic rings. The number of hydrogen-bond acceptors (Lipinski definition) is 4. The van der Waals surface area contributed by atoms with E-state index in [4.69, 9.17) is 0 Å². The summed E-state index contributed by atoms with van der Waals surface area (Å²) in [4.78, 5) is 17.1. The number of rotatable bonds is 4. The molecule has 0 bridgehead atoms.